The first-order valence-corrected chi connectivity index (χ1v) is 8.39. The Bertz CT molecular complexity index is 762. The van der Waals surface area contributed by atoms with Crippen molar-refractivity contribution in [1.29, 1.82) is 0 Å². The number of aryl methyl sites for hydroxylation is 2. The van der Waals surface area contributed by atoms with Crippen molar-refractivity contribution in [3.63, 3.8) is 0 Å². The van der Waals surface area contributed by atoms with Gasteiger partial charge in [0, 0.05) is 10.7 Å². The molecule has 0 saturated carbocycles. The normalized spacial score (nSPS) is 11.1. The minimum atomic E-state index is -1.31. The largest absolute Gasteiger partial charge is 0.460 e. The van der Waals surface area contributed by atoms with E-state index in [0.29, 0.717) is 10.7 Å². The van der Waals surface area contributed by atoms with Crippen molar-refractivity contribution in [2.75, 3.05) is 5.32 Å². The number of ether oxygens (including phenoxy) is 1. The van der Waals surface area contributed by atoms with Gasteiger partial charge in [-0.25, -0.2) is 0 Å². The molecule has 2 aromatic rings. The lowest BCUT2D eigenvalue weighted by molar-refractivity contribution is -0.158. The fraction of sp³-hybridized carbons (Fsp3) is 0.300. The number of amides is 1. The minimum Gasteiger partial charge on any atom is -0.460 e. The van der Waals surface area contributed by atoms with Gasteiger partial charge >= 0.3 is 5.97 Å². The molecule has 0 bridgehead atoms. The molecule has 2 aromatic carbocycles. The van der Waals surface area contributed by atoms with Crippen molar-refractivity contribution in [2.45, 2.75) is 34.3 Å². The zero-order valence-electron chi connectivity index (χ0n) is 14.9. The van der Waals surface area contributed by atoms with E-state index < -0.39 is 17.3 Å². The van der Waals surface area contributed by atoms with Gasteiger partial charge in [0.05, 0.1) is 0 Å². The van der Waals surface area contributed by atoms with E-state index in [4.69, 9.17) is 16.3 Å². The summed E-state index contributed by atoms with van der Waals surface area (Å²) in [7, 11) is 0. The molecular formula is C20H22ClNO3. The Hall–Kier alpha value is -2.33. The number of carbonyl (C=O) groups is 2. The van der Waals surface area contributed by atoms with E-state index in [0.717, 1.165) is 16.7 Å². The van der Waals surface area contributed by atoms with E-state index in [9.17, 15) is 9.59 Å². The molecule has 0 saturated heterocycles. The maximum absolute atomic E-state index is 12.6. The first-order chi connectivity index (χ1) is 11.7. The molecule has 0 aliphatic heterocycles. The van der Waals surface area contributed by atoms with Gasteiger partial charge in [0.1, 0.15) is 12.0 Å². The summed E-state index contributed by atoms with van der Waals surface area (Å²) in [5.74, 6) is -0.989. The van der Waals surface area contributed by atoms with Crippen LogP contribution in [0.5, 0.6) is 0 Å². The molecule has 0 aromatic heterocycles. The van der Waals surface area contributed by atoms with Gasteiger partial charge in [0.15, 0.2) is 0 Å². The third-order valence-electron chi connectivity index (χ3n) is 4.03. The van der Waals surface area contributed by atoms with Crippen LogP contribution in [-0.4, -0.2) is 11.9 Å². The maximum Gasteiger partial charge on any atom is 0.321 e. The van der Waals surface area contributed by atoms with Gasteiger partial charge in [-0.15, -0.1) is 0 Å². The standard InChI is InChI=1S/C20H22ClNO3/c1-13-10-16(21)11-14(2)17(13)22-18(23)20(3,4)19(24)25-12-15-8-6-5-7-9-15/h5-11H,12H2,1-4H3,(H,22,23). The average Bonchev–Trinajstić information content (AvgIpc) is 2.56. The summed E-state index contributed by atoms with van der Waals surface area (Å²) in [5.41, 5.74) is 1.90. The molecule has 0 spiro atoms. The highest BCUT2D eigenvalue weighted by Crippen LogP contribution is 2.28. The SMILES string of the molecule is Cc1cc(Cl)cc(C)c1NC(=O)C(C)(C)C(=O)OCc1ccccc1. The predicted octanol–water partition coefficient (Wildman–Crippen LogP) is 4.66. The number of nitrogens with one attached hydrogen (secondary N) is 1. The fourth-order valence-electron chi connectivity index (χ4n) is 2.37. The third-order valence-corrected chi connectivity index (χ3v) is 4.24. The number of hydrogen-bond acceptors (Lipinski definition) is 3. The maximum atomic E-state index is 12.6. The third kappa shape index (κ3) is 4.60. The van der Waals surface area contributed by atoms with E-state index >= 15 is 0 Å². The molecule has 0 unspecified atom stereocenters. The van der Waals surface area contributed by atoms with Crippen LogP contribution >= 0.6 is 11.6 Å². The Morgan fingerprint density at radius 2 is 1.64 bits per heavy atom. The average molecular weight is 360 g/mol. The minimum absolute atomic E-state index is 0.134. The van der Waals surface area contributed by atoms with Crippen LogP contribution in [0.1, 0.15) is 30.5 Å². The molecular weight excluding hydrogens is 338 g/mol. The zero-order chi connectivity index (χ0) is 18.6. The summed E-state index contributed by atoms with van der Waals surface area (Å²) in [5, 5.41) is 3.43. The number of esters is 1. The van der Waals surface area contributed by atoms with Crippen LogP contribution in [0.4, 0.5) is 5.69 Å². The number of halogens is 1. The van der Waals surface area contributed by atoms with Gasteiger partial charge in [0.25, 0.3) is 0 Å². The summed E-state index contributed by atoms with van der Waals surface area (Å²) >= 11 is 6.01. The van der Waals surface area contributed by atoms with Crippen LogP contribution in [0.3, 0.4) is 0 Å². The van der Waals surface area contributed by atoms with Gasteiger partial charge in [0.2, 0.25) is 5.91 Å². The molecule has 0 atom stereocenters. The molecule has 132 valence electrons. The molecule has 1 N–H and O–H groups in total. The molecule has 0 heterocycles. The lowest BCUT2D eigenvalue weighted by Crippen LogP contribution is -2.39. The summed E-state index contributed by atoms with van der Waals surface area (Å²) in [6, 6.07) is 12.9. The van der Waals surface area contributed by atoms with Crippen molar-refractivity contribution in [1.82, 2.24) is 0 Å². The molecule has 0 aliphatic carbocycles. The van der Waals surface area contributed by atoms with Gasteiger partial charge < -0.3 is 10.1 Å². The monoisotopic (exact) mass is 359 g/mol. The first kappa shape index (κ1) is 19.0. The molecule has 25 heavy (non-hydrogen) atoms. The summed E-state index contributed by atoms with van der Waals surface area (Å²) in [6.45, 7) is 6.95. The van der Waals surface area contributed by atoms with Gasteiger partial charge in [-0.1, -0.05) is 41.9 Å². The molecule has 0 radical (unpaired) electrons. The Balaban J connectivity index is 2.07. The second kappa shape index (κ2) is 7.70. The zero-order valence-corrected chi connectivity index (χ0v) is 15.6. The molecule has 0 aliphatic rings. The second-order valence-corrected chi connectivity index (χ2v) is 6.99. The Labute approximate surface area is 153 Å². The lowest BCUT2D eigenvalue weighted by atomic mass is 9.92. The number of hydrogen-bond donors (Lipinski definition) is 1. The quantitative estimate of drug-likeness (QED) is 0.623. The van der Waals surface area contributed by atoms with E-state index in [-0.39, 0.29) is 6.61 Å². The van der Waals surface area contributed by atoms with Crippen LogP contribution in [-0.2, 0) is 20.9 Å². The molecule has 5 heteroatoms. The molecule has 0 fully saturated rings. The summed E-state index contributed by atoms with van der Waals surface area (Å²) in [6.07, 6.45) is 0. The Morgan fingerprint density at radius 3 is 2.20 bits per heavy atom. The predicted molar refractivity (Wildman–Crippen MR) is 99.6 cm³/mol. The van der Waals surface area contributed by atoms with E-state index in [1.807, 2.05) is 44.2 Å². The number of carbonyl (C=O) groups excluding carboxylic acids is 2. The Kier molecular flexibility index (Phi) is 5.85. The first-order valence-electron chi connectivity index (χ1n) is 8.01. The van der Waals surface area contributed by atoms with E-state index in [1.54, 1.807) is 26.0 Å². The van der Waals surface area contributed by atoms with Crippen LogP contribution in [0.2, 0.25) is 5.02 Å². The summed E-state index contributed by atoms with van der Waals surface area (Å²) < 4.78 is 5.31. The topological polar surface area (TPSA) is 55.4 Å². The molecule has 2 rings (SSSR count). The second-order valence-electron chi connectivity index (χ2n) is 6.56. The van der Waals surface area contributed by atoms with Gasteiger partial charge in [-0.2, -0.15) is 0 Å². The van der Waals surface area contributed by atoms with Crippen LogP contribution in [0.25, 0.3) is 0 Å². The molecule has 4 nitrogen and oxygen atoms in total. The van der Waals surface area contributed by atoms with Crippen molar-refractivity contribution in [2.24, 2.45) is 5.41 Å². The van der Waals surface area contributed by atoms with Crippen LogP contribution in [0, 0.1) is 19.3 Å². The highest BCUT2D eigenvalue weighted by Gasteiger charge is 2.38. The van der Waals surface area contributed by atoms with E-state index in [1.165, 1.54) is 0 Å². The molecule has 1 amide bonds. The highest BCUT2D eigenvalue weighted by molar-refractivity contribution is 6.30. The number of rotatable bonds is 5. The summed E-state index contributed by atoms with van der Waals surface area (Å²) in [4.78, 5) is 25.0. The lowest BCUT2D eigenvalue weighted by Gasteiger charge is -2.23. The van der Waals surface area contributed by atoms with Crippen molar-refractivity contribution < 1.29 is 14.3 Å². The van der Waals surface area contributed by atoms with Crippen LogP contribution in [0.15, 0.2) is 42.5 Å². The smallest absolute Gasteiger partial charge is 0.321 e. The Morgan fingerprint density at radius 1 is 1.08 bits per heavy atom. The number of benzene rings is 2. The van der Waals surface area contributed by atoms with Crippen molar-refractivity contribution in [3.8, 4) is 0 Å². The number of anilines is 1. The van der Waals surface area contributed by atoms with Gasteiger partial charge in [-0.05, 0) is 56.5 Å². The highest BCUT2D eigenvalue weighted by atomic mass is 35.5. The van der Waals surface area contributed by atoms with E-state index in [2.05, 4.69) is 5.32 Å². The van der Waals surface area contributed by atoms with Crippen LogP contribution < -0.4 is 5.32 Å². The van der Waals surface area contributed by atoms with Crippen molar-refractivity contribution >= 4 is 29.2 Å². The van der Waals surface area contributed by atoms with Crippen molar-refractivity contribution in [3.05, 3.63) is 64.2 Å². The fourth-order valence-corrected chi connectivity index (χ4v) is 2.70. The van der Waals surface area contributed by atoms with Gasteiger partial charge in [-0.3, -0.25) is 9.59 Å².